The van der Waals surface area contributed by atoms with E-state index in [9.17, 15) is 4.79 Å². The van der Waals surface area contributed by atoms with E-state index in [1.165, 1.54) is 19.9 Å². The highest BCUT2D eigenvalue weighted by atomic mass is 16.5. The molecule has 1 aromatic rings. The fourth-order valence-corrected chi connectivity index (χ4v) is 2.13. The van der Waals surface area contributed by atoms with E-state index in [0.717, 1.165) is 25.9 Å². The average Bonchev–Trinajstić information content (AvgIpc) is 2.45. The molecule has 0 unspecified atom stereocenters. The number of nitrogens with one attached hydrogen (secondary N) is 1. The van der Waals surface area contributed by atoms with Gasteiger partial charge in [0, 0.05) is 13.1 Å². The first-order chi connectivity index (χ1) is 9.22. The Balaban J connectivity index is 1.94. The number of piperidine rings is 1. The van der Waals surface area contributed by atoms with Crippen LogP contribution in [0, 0.1) is 0 Å². The second-order valence-electron chi connectivity index (χ2n) is 4.44. The summed E-state index contributed by atoms with van der Waals surface area (Å²) >= 11 is 0. The van der Waals surface area contributed by atoms with Gasteiger partial charge in [-0.15, -0.1) is 0 Å². The van der Waals surface area contributed by atoms with Crippen LogP contribution in [-0.2, 0) is 4.79 Å². The van der Waals surface area contributed by atoms with Crippen LogP contribution in [0.2, 0.25) is 0 Å². The molecule has 0 atom stereocenters. The average molecular weight is 265 g/mol. The number of anilines is 2. The van der Waals surface area contributed by atoms with Crippen molar-refractivity contribution in [1.29, 1.82) is 0 Å². The molecule has 1 saturated heterocycles. The third-order valence-electron chi connectivity index (χ3n) is 3.15. The first-order valence-electron chi connectivity index (χ1n) is 6.38. The van der Waals surface area contributed by atoms with Gasteiger partial charge in [0.2, 0.25) is 11.7 Å². The van der Waals surface area contributed by atoms with Crippen LogP contribution in [0.15, 0.2) is 6.33 Å². The highest BCUT2D eigenvalue weighted by molar-refractivity contribution is 5.81. The van der Waals surface area contributed by atoms with E-state index >= 15 is 0 Å². The third-order valence-corrected chi connectivity index (χ3v) is 3.15. The van der Waals surface area contributed by atoms with Crippen LogP contribution in [0.5, 0.6) is 5.75 Å². The van der Waals surface area contributed by atoms with Gasteiger partial charge in [0.05, 0.1) is 13.7 Å². The zero-order valence-electron chi connectivity index (χ0n) is 11.1. The predicted molar refractivity (Wildman–Crippen MR) is 71.9 cm³/mol. The molecule has 1 fully saturated rings. The molecule has 104 valence electrons. The Hall–Kier alpha value is -2.05. The molecular weight excluding hydrogens is 246 g/mol. The molecule has 0 radical (unpaired) electrons. The van der Waals surface area contributed by atoms with Crippen LogP contribution in [0.3, 0.4) is 0 Å². The Bertz CT molecular complexity index is 446. The monoisotopic (exact) mass is 265 g/mol. The highest BCUT2D eigenvalue weighted by Crippen LogP contribution is 2.25. The minimum absolute atomic E-state index is 0.0685. The summed E-state index contributed by atoms with van der Waals surface area (Å²) in [5.74, 6) is 1.14. The lowest BCUT2D eigenvalue weighted by Crippen LogP contribution is -2.39. The van der Waals surface area contributed by atoms with Crippen LogP contribution >= 0.6 is 0 Å². The summed E-state index contributed by atoms with van der Waals surface area (Å²) < 4.78 is 5.12. The summed E-state index contributed by atoms with van der Waals surface area (Å²) in [5, 5.41) is 2.95. The van der Waals surface area contributed by atoms with Crippen LogP contribution in [0.25, 0.3) is 0 Å². The molecule has 1 aromatic heterocycles. The standard InChI is InChI=1S/C12H19N5O2/c1-19-10-11(13)15-8-16-12(10)14-7-9(18)17-5-3-2-4-6-17/h8H,2-7H2,1H3,(H3,13,14,15,16). The molecule has 7 nitrogen and oxygen atoms in total. The van der Waals surface area contributed by atoms with Gasteiger partial charge in [-0.1, -0.05) is 0 Å². The number of nitrogen functional groups attached to an aromatic ring is 1. The largest absolute Gasteiger partial charge is 0.490 e. The number of methoxy groups -OCH3 is 1. The topological polar surface area (TPSA) is 93.4 Å². The number of rotatable bonds is 4. The lowest BCUT2D eigenvalue weighted by Gasteiger charge is -2.26. The minimum atomic E-state index is 0.0685. The van der Waals surface area contributed by atoms with Gasteiger partial charge >= 0.3 is 0 Å². The molecule has 0 bridgehead atoms. The molecule has 0 aliphatic carbocycles. The minimum Gasteiger partial charge on any atom is -0.490 e. The molecule has 0 aromatic carbocycles. The second kappa shape index (κ2) is 6.21. The molecule has 2 heterocycles. The van der Waals surface area contributed by atoms with E-state index < -0.39 is 0 Å². The normalized spacial score (nSPS) is 15.1. The molecule has 19 heavy (non-hydrogen) atoms. The van der Waals surface area contributed by atoms with Crippen LogP contribution in [0.4, 0.5) is 11.6 Å². The summed E-state index contributed by atoms with van der Waals surface area (Å²) in [6, 6.07) is 0. The maximum absolute atomic E-state index is 12.0. The third kappa shape index (κ3) is 3.24. The molecule has 1 aliphatic heterocycles. The molecule has 3 N–H and O–H groups in total. The number of hydrogen-bond acceptors (Lipinski definition) is 6. The molecule has 0 spiro atoms. The van der Waals surface area contributed by atoms with Crippen molar-refractivity contribution in [1.82, 2.24) is 14.9 Å². The summed E-state index contributed by atoms with van der Waals surface area (Å²) in [6.07, 6.45) is 4.70. The Morgan fingerprint density at radius 3 is 2.84 bits per heavy atom. The van der Waals surface area contributed by atoms with Crippen LogP contribution in [0.1, 0.15) is 19.3 Å². The number of carbonyl (C=O) groups is 1. The van der Waals surface area contributed by atoms with Crippen molar-refractivity contribution in [2.45, 2.75) is 19.3 Å². The summed E-state index contributed by atoms with van der Waals surface area (Å²) in [5.41, 5.74) is 5.67. The number of ether oxygens (including phenoxy) is 1. The van der Waals surface area contributed by atoms with Crippen molar-refractivity contribution in [2.24, 2.45) is 0 Å². The van der Waals surface area contributed by atoms with Gasteiger partial charge in [-0.05, 0) is 19.3 Å². The van der Waals surface area contributed by atoms with Gasteiger partial charge in [0.25, 0.3) is 0 Å². The van der Waals surface area contributed by atoms with Gasteiger partial charge in [-0.2, -0.15) is 0 Å². The first kappa shape index (κ1) is 13.4. The SMILES string of the molecule is COc1c(N)ncnc1NCC(=O)N1CCCCC1. The number of hydrogen-bond donors (Lipinski definition) is 2. The number of amides is 1. The summed E-state index contributed by atoms with van der Waals surface area (Å²) in [6.45, 7) is 1.86. The molecule has 2 rings (SSSR count). The molecular formula is C12H19N5O2. The number of likely N-dealkylation sites (tertiary alicyclic amines) is 1. The van der Waals surface area contributed by atoms with Crippen LogP contribution in [-0.4, -0.2) is 47.5 Å². The van der Waals surface area contributed by atoms with Gasteiger partial charge in [-0.25, -0.2) is 9.97 Å². The van der Waals surface area contributed by atoms with E-state index in [1.54, 1.807) is 0 Å². The molecule has 7 heteroatoms. The lowest BCUT2D eigenvalue weighted by atomic mass is 10.1. The second-order valence-corrected chi connectivity index (χ2v) is 4.44. The first-order valence-corrected chi connectivity index (χ1v) is 6.38. The van der Waals surface area contributed by atoms with E-state index in [1.807, 2.05) is 4.90 Å². The zero-order valence-corrected chi connectivity index (χ0v) is 11.1. The highest BCUT2D eigenvalue weighted by Gasteiger charge is 2.17. The van der Waals surface area contributed by atoms with Crippen molar-refractivity contribution < 1.29 is 9.53 Å². The number of carbonyl (C=O) groups excluding carboxylic acids is 1. The van der Waals surface area contributed by atoms with Crippen molar-refractivity contribution in [3.8, 4) is 5.75 Å². The fraction of sp³-hybridized carbons (Fsp3) is 0.583. The maximum atomic E-state index is 12.0. The van der Waals surface area contributed by atoms with Gasteiger partial charge in [0.1, 0.15) is 6.33 Å². The predicted octanol–water partition coefficient (Wildman–Crippen LogP) is 0.492. The van der Waals surface area contributed by atoms with Crippen molar-refractivity contribution in [3.05, 3.63) is 6.33 Å². The Morgan fingerprint density at radius 2 is 2.16 bits per heavy atom. The van der Waals surface area contributed by atoms with E-state index in [0.29, 0.717) is 11.6 Å². The van der Waals surface area contributed by atoms with Crippen LogP contribution < -0.4 is 15.8 Å². The lowest BCUT2D eigenvalue weighted by molar-refractivity contribution is -0.130. The zero-order chi connectivity index (χ0) is 13.7. The van der Waals surface area contributed by atoms with E-state index in [2.05, 4.69) is 15.3 Å². The van der Waals surface area contributed by atoms with Crippen molar-refractivity contribution in [2.75, 3.05) is 37.8 Å². The number of nitrogens with zero attached hydrogens (tertiary/aromatic N) is 3. The molecule has 1 aliphatic rings. The quantitative estimate of drug-likeness (QED) is 0.823. The van der Waals surface area contributed by atoms with Gasteiger partial charge in [-0.3, -0.25) is 4.79 Å². The van der Waals surface area contributed by atoms with Gasteiger partial charge < -0.3 is 20.7 Å². The molecule has 1 amide bonds. The summed E-state index contributed by atoms with van der Waals surface area (Å²) in [7, 11) is 1.49. The Morgan fingerprint density at radius 1 is 1.42 bits per heavy atom. The van der Waals surface area contributed by atoms with Crippen molar-refractivity contribution in [3.63, 3.8) is 0 Å². The van der Waals surface area contributed by atoms with E-state index in [4.69, 9.17) is 10.5 Å². The summed E-state index contributed by atoms with van der Waals surface area (Å²) in [4.78, 5) is 21.7. The fourth-order valence-electron chi connectivity index (χ4n) is 2.13. The number of aromatic nitrogens is 2. The Labute approximate surface area is 112 Å². The Kier molecular flexibility index (Phi) is 4.38. The maximum Gasteiger partial charge on any atom is 0.241 e. The van der Waals surface area contributed by atoms with Crippen molar-refractivity contribution >= 4 is 17.5 Å². The van der Waals surface area contributed by atoms with E-state index in [-0.39, 0.29) is 18.3 Å². The molecule has 0 saturated carbocycles. The smallest absolute Gasteiger partial charge is 0.241 e. The number of nitrogens with two attached hydrogens (primary N) is 1. The van der Waals surface area contributed by atoms with Gasteiger partial charge in [0.15, 0.2) is 11.6 Å².